The van der Waals surface area contributed by atoms with Gasteiger partial charge in [0.05, 0.1) is 22.3 Å². The molecule has 1 aromatic heterocycles. The first-order chi connectivity index (χ1) is 22.1. The molecule has 13 nitrogen and oxygen atoms in total. The molecule has 3 fully saturated rings. The fraction of sp³-hybridized carbons (Fsp3) is 0.529. The number of aromatic nitrogens is 1. The van der Waals surface area contributed by atoms with Crippen LogP contribution in [0.5, 0.6) is 0 Å². The van der Waals surface area contributed by atoms with Crippen LogP contribution in [0.4, 0.5) is 0 Å². The topological polar surface area (TPSA) is 174 Å². The molecule has 252 valence electrons. The van der Waals surface area contributed by atoms with Crippen LogP contribution in [0, 0.1) is 11.3 Å². The number of nitrogens with zero attached hydrogens (tertiary/aromatic N) is 1. The number of hydrogen-bond acceptors (Lipinski definition) is 13. The van der Waals surface area contributed by atoms with Gasteiger partial charge in [0, 0.05) is 45.5 Å². The summed E-state index contributed by atoms with van der Waals surface area (Å²) < 4.78 is 36.7. The summed E-state index contributed by atoms with van der Waals surface area (Å²) in [5.74, 6) is -4.53. The van der Waals surface area contributed by atoms with E-state index in [1.54, 1.807) is 44.2 Å². The van der Waals surface area contributed by atoms with Gasteiger partial charge in [-0.2, -0.15) is 0 Å². The van der Waals surface area contributed by atoms with Crippen molar-refractivity contribution in [3.8, 4) is 0 Å². The lowest BCUT2D eigenvalue weighted by Crippen LogP contribution is -2.83. The standard InChI is InChI=1S/C34H39NO12/c1-19(36)42-18-33-26(45-29(39)22-11-8-7-9-12-22)15-24-27(44-21(3)38)34(33,47-31(24,4)5)32(6,41)16-25(43-20(2)37)28(33)46-30(40)23-13-10-14-35-17-23/h7-14,17,24-28,41H,15-16,18H2,1-6H3/t24-,25+,26+,27?,28+,32+,33-,34+/m1/s1. The molecule has 13 heteroatoms. The number of hydrogen-bond donors (Lipinski definition) is 1. The molecule has 1 aromatic carbocycles. The quantitative estimate of drug-likeness (QED) is 0.326. The Morgan fingerprint density at radius 2 is 1.47 bits per heavy atom. The number of benzene rings is 1. The number of carbonyl (C=O) groups is 5. The van der Waals surface area contributed by atoms with Gasteiger partial charge in [0.1, 0.15) is 30.3 Å². The van der Waals surface area contributed by atoms with E-state index >= 15 is 0 Å². The molecule has 2 saturated carbocycles. The highest BCUT2D eigenvalue weighted by molar-refractivity contribution is 5.90. The van der Waals surface area contributed by atoms with Gasteiger partial charge in [-0.25, -0.2) is 9.59 Å². The number of aliphatic hydroxyl groups is 1. The van der Waals surface area contributed by atoms with E-state index in [9.17, 15) is 29.1 Å². The molecule has 5 rings (SSSR count). The lowest BCUT2D eigenvalue weighted by molar-refractivity contribution is -0.354. The van der Waals surface area contributed by atoms with Crippen LogP contribution in [0.15, 0.2) is 54.9 Å². The van der Waals surface area contributed by atoms with E-state index in [1.165, 1.54) is 38.4 Å². The smallest absolute Gasteiger partial charge is 0.340 e. The molecule has 1 aliphatic heterocycles. The minimum absolute atomic E-state index is 0.0406. The molecule has 2 aliphatic carbocycles. The Morgan fingerprint density at radius 1 is 0.830 bits per heavy atom. The van der Waals surface area contributed by atoms with Crippen molar-refractivity contribution < 1.29 is 57.5 Å². The van der Waals surface area contributed by atoms with Crippen LogP contribution in [-0.4, -0.2) is 87.8 Å². The summed E-state index contributed by atoms with van der Waals surface area (Å²) in [6.45, 7) is 7.76. The number of ether oxygens (including phenoxy) is 6. The number of pyridine rings is 1. The normalized spacial score (nSPS) is 33.5. The number of rotatable bonds is 8. The number of fused-ring (bicyclic) bond motifs is 1. The maximum atomic E-state index is 13.8. The van der Waals surface area contributed by atoms with Gasteiger partial charge in [0.2, 0.25) is 0 Å². The molecule has 1 unspecified atom stereocenters. The maximum Gasteiger partial charge on any atom is 0.340 e. The zero-order valence-electron chi connectivity index (χ0n) is 27.1. The second-order valence-electron chi connectivity index (χ2n) is 13.1. The maximum absolute atomic E-state index is 13.8. The highest BCUT2D eigenvalue weighted by Crippen LogP contribution is 2.69. The van der Waals surface area contributed by atoms with E-state index in [2.05, 4.69) is 4.98 Å². The van der Waals surface area contributed by atoms with Crippen LogP contribution in [0.25, 0.3) is 0 Å². The molecule has 0 radical (unpaired) electrons. The second-order valence-corrected chi connectivity index (χ2v) is 13.1. The average Bonchev–Trinajstić information content (AvgIpc) is 3.16. The van der Waals surface area contributed by atoms with Crippen molar-refractivity contribution >= 4 is 29.8 Å². The zero-order valence-corrected chi connectivity index (χ0v) is 27.1. The Kier molecular flexibility index (Phi) is 8.93. The Morgan fingerprint density at radius 3 is 2.06 bits per heavy atom. The Labute approximate surface area is 271 Å². The fourth-order valence-corrected chi connectivity index (χ4v) is 7.87. The highest BCUT2D eigenvalue weighted by Gasteiger charge is 2.86. The summed E-state index contributed by atoms with van der Waals surface area (Å²) in [5, 5.41) is 12.6. The van der Waals surface area contributed by atoms with Crippen LogP contribution >= 0.6 is 0 Å². The molecule has 1 spiro atoms. The first-order valence-electron chi connectivity index (χ1n) is 15.3. The van der Waals surface area contributed by atoms with Crippen LogP contribution < -0.4 is 0 Å². The molecular formula is C34H39NO12. The zero-order chi connectivity index (χ0) is 34.4. The molecule has 8 atom stereocenters. The summed E-state index contributed by atoms with van der Waals surface area (Å²) in [7, 11) is 0. The molecule has 47 heavy (non-hydrogen) atoms. The summed E-state index contributed by atoms with van der Waals surface area (Å²) in [4.78, 5) is 69.3. The minimum Gasteiger partial charge on any atom is -0.465 e. The first kappa shape index (κ1) is 34.0. The summed E-state index contributed by atoms with van der Waals surface area (Å²) in [6, 6.07) is 11.1. The largest absolute Gasteiger partial charge is 0.465 e. The third-order valence-corrected chi connectivity index (χ3v) is 9.58. The molecule has 0 amide bonds. The lowest BCUT2D eigenvalue weighted by Gasteiger charge is -2.65. The van der Waals surface area contributed by atoms with Gasteiger partial charge < -0.3 is 33.5 Å². The van der Waals surface area contributed by atoms with Gasteiger partial charge in [-0.1, -0.05) is 18.2 Å². The van der Waals surface area contributed by atoms with Gasteiger partial charge in [-0.15, -0.1) is 0 Å². The molecule has 2 aromatic rings. The van der Waals surface area contributed by atoms with E-state index in [0.29, 0.717) is 0 Å². The summed E-state index contributed by atoms with van der Waals surface area (Å²) >= 11 is 0. The van der Waals surface area contributed by atoms with Crippen LogP contribution in [-0.2, 0) is 42.8 Å². The van der Waals surface area contributed by atoms with Crippen molar-refractivity contribution in [2.45, 2.75) is 95.6 Å². The molecular weight excluding hydrogens is 614 g/mol. The minimum atomic E-state index is -2.05. The van der Waals surface area contributed by atoms with E-state index in [4.69, 9.17) is 28.4 Å². The van der Waals surface area contributed by atoms with Crippen molar-refractivity contribution in [3.63, 3.8) is 0 Å². The Hall–Kier alpha value is -4.36. The molecule has 3 aliphatic rings. The van der Waals surface area contributed by atoms with Crippen LogP contribution in [0.2, 0.25) is 0 Å². The van der Waals surface area contributed by atoms with E-state index in [1.807, 2.05) is 0 Å². The lowest BCUT2D eigenvalue weighted by atomic mass is 9.46. The second kappa shape index (κ2) is 12.3. The Bertz CT molecular complexity index is 1540. The monoisotopic (exact) mass is 653 g/mol. The van der Waals surface area contributed by atoms with E-state index in [-0.39, 0.29) is 24.0 Å². The first-order valence-corrected chi connectivity index (χ1v) is 15.3. The third kappa shape index (κ3) is 5.75. The van der Waals surface area contributed by atoms with Gasteiger partial charge >= 0.3 is 29.8 Å². The van der Waals surface area contributed by atoms with Gasteiger partial charge in [-0.3, -0.25) is 19.4 Å². The van der Waals surface area contributed by atoms with Crippen molar-refractivity contribution in [1.82, 2.24) is 4.98 Å². The Balaban J connectivity index is 1.81. The fourth-order valence-electron chi connectivity index (χ4n) is 7.87. The van der Waals surface area contributed by atoms with E-state index < -0.39 is 89.0 Å². The van der Waals surface area contributed by atoms with Crippen LogP contribution in [0.3, 0.4) is 0 Å². The van der Waals surface area contributed by atoms with Crippen molar-refractivity contribution in [1.29, 1.82) is 0 Å². The summed E-state index contributed by atoms with van der Waals surface area (Å²) in [6.07, 6.45) is -3.15. The van der Waals surface area contributed by atoms with E-state index in [0.717, 1.165) is 13.8 Å². The van der Waals surface area contributed by atoms with Gasteiger partial charge in [-0.05, 0) is 51.5 Å². The predicted octanol–water partition coefficient (Wildman–Crippen LogP) is 2.97. The van der Waals surface area contributed by atoms with Gasteiger partial charge in [0.25, 0.3) is 0 Å². The van der Waals surface area contributed by atoms with Crippen LogP contribution in [0.1, 0.15) is 75.1 Å². The number of esters is 5. The number of carbonyl (C=O) groups excluding carboxylic acids is 5. The average molecular weight is 654 g/mol. The molecule has 1 N–H and O–H groups in total. The highest BCUT2D eigenvalue weighted by atomic mass is 16.6. The molecule has 2 bridgehead atoms. The summed E-state index contributed by atoms with van der Waals surface area (Å²) in [5.41, 5.74) is -7.00. The van der Waals surface area contributed by atoms with Crippen molar-refractivity contribution in [3.05, 3.63) is 66.0 Å². The van der Waals surface area contributed by atoms with Crippen molar-refractivity contribution in [2.24, 2.45) is 11.3 Å². The molecule has 1 saturated heterocycles. The SMILES string of the molecule is CC(=O)OC[C@]12[C@@H](OC(=O)c3ccccc3)C[C@@H]3C(OC(C)=O)[C@]1(OC3(C)C)[C@@](C)(O)C[C@H](OC(C)=O)[C@@H]2OC(=O)c1cccnc1. The predicted molar refractivity (Wildman–Crippen MR) is 161 cm³/mol. The third-order valence-electron chi connectivity index (χ3n) is 9.58. The van der Waals surface area contributed by atoms with Gasteiger partial charge in [0.15, 0.2) is 11.7 Å². The van der Waals surface area contributed by atoms with Crippen molar-refractivity contribution in [2.75, 3.05) is 6.61 Å². The molecule has 2 heterocycles.